The first-order chi connectivity index (χ1) is 14.6. The van der Waals surface area contributed by atoms with Crippen molar-refractivity contribution in [3.63, 3.8) is 0 Å². The molecule has 0 saturated heterocycles. The number of methoxy groups -OCH3 is 1. The molecule has 0 aliphatic carbocycles. The van der Waals surface area contributed by atoms with Crippen molar-refractivity contribution in [2.75, 3.05) is 30.5 Å². The molecule has 8 heteroatoms. The molecule has 2 heterocycles. The minimum absolute atomic E-state index is 0.0112. The maximum Gasteiger partial charge on any atom is 0.265 e. The number of thiazole rings is 1. The largest absolute Gasteiger partial charge is 0.497 e. The summed E-state index contributed by atoms with van der Waals surface area (Å²) in [5, 5.41) is 5.14. The number of nitrogens with one attached hydrogen (secondary N) is 1. The second-order valence-corrected chi connectivity index (χ2v) is 7.35. The zero-order valence-electron chi connectivity index (χ0n) is 16.3. The second-order valence-electron chi connectivity index (χ2n) is 6.49. The molecule has 0 radical (unpaired) electrons. The normalized spacial score (nSPS) is 12.7. The van der Waals surface area contributed by atoms with E-state index in [9.17, 15) is 9.59 Å². The van der Waals surface area contributed by atoms with Crippen LogP contribution in [0.15, 0.2) is 60.5 Å². The van der Waals surface area contributed by atoms with Crippen LogP contribution < -0.4 is 19.7 Å². The molecule has 2 aromatic carbocycles. The molecule has 0 fully saturated rings. The molecule has 152 valence electrons. The summed E-state index contributed by atoms with van der Waals surface area (Å²) >= 11 is 1.32. The number of hydrogen-bond acceptors (Lipinski definition) is 6. The number of nitrogens with zero attached hydrogens (tertiary/aromatic N) is 2. The molecule has 4 rings (SSSR count). The van der Waals surface area contributed by atoms with Crippen LogP contribution in [0.25, 0.3) is 11.3 Å². The standard InChI is InChI=1S/C22H19N3O4S/c1-3-9-25-18-11-14(7-8-19(18)29-12-20(25)26)17-13-30-22(23-17)24-21(27)15-5-4-6-16(10-15)28-2/h3-8,10-11,13H,1,9,12H2,2H3,(H,23,24,27). The Morgan fingerprint density at radius 2 is 2.23 bits per heavy atom. The molecule has 0 saturated carbocycles. The van der Waals surface area contributed by atoms with Gasteiger partial charge in [0, 0.05) is 23.1 Å². The molecule has 0 atom stereocenters. The molecule has 0 unspecified atom stereocenters. The highest BCUT2D eigenvalue weighted by molar-refractivity contribution is 7.14. The lowest BCUT2D eigenvalue weighted by Crippen LogP contribution is -2.38. The number of amides is 2. The maximum atomic E-state index is 12.5. The van der Waals surface area contributed by atoms with Gasteiger partial charge in [0.25, 0.3) is 11.8 Å². The first-order valence-corrected chi connectivity index (χ1v) is 10.1. The van der Waals surface area contributed by atoms with E-state index in [1.165, 1.54) is 11.3 Å². The van der Waals surface area contributed by atoms with Gasteiger partial charge in [-0.2, -0.15) is 0 Å². The summed E-state index contributed by atoms with van der Waals surface area (Å²) in [6.07, 6.45) is 1.68. The van der Waals surface area contributed by atoms with Crippen molar-refractivity contribution in [3.05, 3.63) is 66.1 Å². The third-order valence-corrected chi connectivity index (χ3v) is 5.32. The number of carbonyl (C=O) groups is 2. The fraction of sp³-hybridized carbons (Fsp3) is 0.136. The molecule has 0 spiro atoms. The number of ether oxygens (including phenoxy) is 2. The van der Waals surface area contributed by atoms with Crippen LogP contribution in [0, 0.1) is 0 Å². The van der Waals surface area contributed by atoms with E-state index in [0.717, 1.165) is 5.56 Å². The van der Waals surface area contributed by atoms with Gasteiger partial charge in [0.15, 0.2) is 11.7 Å². The Balaban J connectivity index is 1.56. The van der Waals surface area contributed by atoms with Gasteiger partial charge in [-0.15, -0.1) is 17.9 Å². The number of carbonyl (C=O) groups excluding carboxylic acids is 2. The Labute approximate surface area is 177 Å². The number of hydrogen-bond donors (Lipinski definition) is 1. The van der Waals surface area contributed by atoms with Crippen LogP contribution in [0.1, 0.15) is 10.4 Å². The molecule has 1 aliphatic rings. The fourth-order valence-electron chi connectivity index (χ4n) is 3.09. The molecule has 30 heavy (non-hydrogen) atoms. The first kappa shape index (κ1) is 19.7. The van der Waals surface area contributed by atoms with Crippen molar-refractivity contribution in [3.8, 4) is 22.8 Å². The fourth-order valence-corrected chi connectivity index (χ4v) is 3.80. The van der Waals surface area contributed by atoms with E-state index in [1.807, 2.05) is 23.6 Å². The van der Waals surface area contributed by atoms with Crippen molar-refractivity contribution in [1.82, 2.24) is 4.98 Å². The number of benzene rings is 2. The van der Waals surface area contributed by atoms with Crippen LogP contribution in [0.4, 0.5) is 10.8 Å². The van der Waals surface area contributed by atoms with Gasteiger partial charge in [-0.3, -0.25) is 14.9 Å². The Morgan fingerprint density at radius 3 is 3.03 bits per heavy atom. The van der Waals surface area contributed by atoms with E-state index in [-0.39, 0.29) is 18.4 Å². The molecule has 1 aliphatic heterocycles. The highest BCUT2D eigenvalue weighted by atomic mass is 32.1. The van der Waals surface area contributed by atoms with E-state index in [2.05, 4.69) is 16.9 Å². The Hall–Kier alpha value is -3.65. The van der Waals surface area contributed by atoms with Gasteiger partial charge in [-0.1, -0.05) is 12.1 Å². The van der Waals surface area contributed by atoms with E-state index < -0.39 is 0 Å². The molecule has 0 bridgehead atoms. The van der Waals surface area contributed by atoms with Crippen LogP contribution in [0.2, 0.25) is 0 Å². The quantitative estimate of drug-likeness (QED) is 0.609. The molecular weight excluding hydrogens is 402 g/mol. The summed E-state index contributed by atoms with van der Waals surface area (Å²) in [7, 11) is 1.55. The summed E-state index contributed by atoms with van der Waals surface area (Å²) in [4.78, 5) is 30.8. The average Bonchev–Trinajstić information content (AvgIpc) is 3.24. The van der Waals surface area contributed by atoms with Gasteiger partial charge in [0.2, 0.25) is 0 Å². The number of rotatable bonds is 6. The smallest absolute Gasteiger partial charge is 0.265 e. The third-order valence-electron chi connectivity index (χ3n) is 4.57. The van der Waals surface area contributed by atoms with Gasteiger partial charge in [0.1, 0.15) is 11.5 Å². The van der Waals surface area contributed by atoms with Crippen molar-refractivity contribution in [1.29, 1.82) is 0 Å². The Bertz CT molecular complexity index is 1130. The third kappa shape index (κ3) is 3.90. The van der Waals surface area contributed by atoms with Crippen molar-refractivity contribution < 1.29 is 19.1 Å². The van der Waals surface area contributed by atoms with Crippen LogP contribution in [0.3, 0.4) is 0 Å². The average molecular weight is 421 g/mol. The maximum absolute atomic E-state index is 12.5. The lowest BCUT2D eigenvalue weighted by Gasteiger charge is -2.28. The number of fused-ring (bicyclic) bond motifs is 1. The molecule has 3 aromatic rings. The zero-order chi connectivity index (χ0) is 21.1. The molecule has 1 aromatic heterocycles. The predicted octanol–water partition coefficient (Wildman–Crippen LogP) is 3.98. The Kier molecular flexibility index (Phi) is 5.49. The van der Waals surface area contributed by atoms with Gasteiger partial charge >= 0.3 is 0 Å². The lowest BCUT2D eigenvalue weighted by molar-refractivity contribution is -0.121. The van der Waals surface area contributed by atoms with E-state index in [0.29, 0.717) is 40.1 Å². The van der Waals surface area contributed by atoms with E-state index in [1.54, 1.807) is 42.4 Å². The van der Waals surface area contributed by atoms with Gasteiger partial charge in [-0.25, -0.2) is 4.98 Å². The van der Waals surface area contributed by atoms with E-state index in [4.69, 9.17) is 9.47 Å². The molecule has 2 amide bonds. The minimum Gasteiger partial charge on any atom is -0.497 e. The number of aromatic nitrogens is 1. The molecule has 1 N–H and O–H groups in total. The van der Waals surface area contributed by atoms with Crippen LogP contribution in [-0.4, -0.2) is 37.1 Å². The Morgan fingerprint density at radius 1 is 1.37 bits per heavy atom. The van der Waals surface area contributed by atoms with Crippen LogP contribution >= 0.6 is 11.3 Å². The van der Waals surface area contributed by atoms with E-state index >= 15 is 0 Å². The van der Waals surface area contributed by atoms with Gasteiger partial charge in [-0.05, 0) is 36.4 Å². The summed E-state index contributed by atoms with van der Waals surface area (Å²) in [5.41, 5.74) is 2.67. The summed E-state index contributed by atoms with van der Waals surface area (Å²) in [5.74, 6) is 0.861. The highest BCUT2D eigenvalue weighted by Crippen LogP contribution is 2.36. The van der Waals surface area contributed by atoms with Crippen molar-refractivity contribution in [2.24, 2.45) is 0 Å². The zero-order valence-corrected chi connectivity index (χ0v) is 17.1. The topological polar surface area (TPSA) is 80.8 Å². The summed E-state index contributed by atoms with van der Waals surface area (Å²) in [6, 6.07) is 12.5. The molecular formula is C22H19N3O4S. The second kappa shape index (κ2) is 8.38. The first-order valence-electron chi connectivity index (χ1n) is 9.18. The van der Waals surface area contributed by atoms with Gasteiger partial charge in [0.05, 0.1) is 18.5 Å². The monoisotopic (exact) mass is 421 g/mol. The minimum atomic E-state index is -0.267. The molecule has 7 nitrogen and oxygen atoms in total. The summed E-state index contributed by atoms with van der Waals surface area (Å²) < 4.78 is 10.7. The highest BCUT2D eigenvalue weighted by Gasteiger charge is 2.25. The number of anilines is 2. The lowest BCUT2D eigenvalue weighted by atomic mass is 10.1. The van der Waals surface area contributed by atoms with Crippen LogP contribution in [-0.2, 0) is 4.79 Å². The summed E-state index contributed by atoms with van der Waals surface area (Å²) in [6.45, 7) is 4.13. The van der Waals surface area contributed by atoms with Crippen molar-refractivity contribution >= 4 is 34.0 Å². The predicted molar refractivity (Wildman–Crippen MR) is 117 cm³/mol. The van der Waals surface area contributed by atoms with Gasteiger partial charge < -0.3 is 14.4 Å². The SMILES string of the molecule is C=CCN1C(=O)COc2ccc(-c3csc(NC(=O)c4cccc(OC)c4)n3)cc21. The van der Waals surface area contributed by atoms with Crippen LogP contribution in [0.5, 0.6) is 11.5 Å². The van der Waals surface area contributed by atoms with Crippen molar-refractivity contribution in [2.45, 2.75) is 0 Å².